The normalized spacial score (nSPS) is 24.7. The summed E-state index contributed by atoms with van der Waals surface area (Å²) in [5, 5.41) is 3.15. The summed E-state index contributed by atoms with van der Waals surface area (Å²) < 4.78 is 0. The Labute approximate surface area is 174 Å². The molecule has 2 atom stereocenters. The second kappa shape index (κ2) is 8.86. The molecule has 0 unspecified atom stereocenters. The van der Waals surface area contributed by atoms with Crippen molar-refractivity contribution >= 4 is 17.5 Å². The van der Waals surface area contributed by atoms with Crippen molar-refractivity contribution in [2.24, 2.45) is 17.8 Å². The smallest absolute Gasteiger partial charge is 0.228 e. The monoisotopic (exact) mass is 397 g/mol. The molecule has 2 aliphatic heterocycles. The largest absolute Gasteiger partial charge is 0.342 e. The lowest BCUT2D eigenvalue weighted by atomic mass is 9.87. The molecule has 1 aliphatic carbocycles. The van der Waals surface area contributed by atoms with Crippen LogP contribution in [-0.2, 0) is 22.4 Å². The van der Waals surface area contributed by atoms with Gasteiger partial charge in [-0.2, -0.15) is 0 Å². The summed E-state index contributed by atoms with van der Waals surface area (Å²) >= 11 is 0. The number of fused-ring (bicyclic) bond motifs is 1. The third kappa shape index (κ3) is 4.82. The van der Waals surface area contributed by atoms with Crippen LogP contribution >= 0.6 is 0 Å². The van der Waals surface area contributed by atoms with Crippen molar-refractivity contribution in [1.29, 1.82) is 0 Å². The Morgan fingerprint density at radius 1 is 1.03 bits per heavy atom. The van der Waals surface area contributed by atoms with Crippen molar-refractivity contribution < 1.29 is 9.59 Å². The molecule has 5 heteroatoms. The first kappa shape index (κ1) is 20.4. The number of piperidine rings is 1. The van der Waals surface area contributed by atoms with Gasteiger partial charge < -0.3 is 15.1 Å². The molecule has 2 amide bonds. The molecule has 3 aliphatic rings. The van der Waals surface area contributed by atoms with E-state index in [0.717, 1.165) is 64.1 Å². The minimum absolute atomic E-state index is 0.0589. The number of nitrogens with one attached hydrogen (secondary N) is 1. The van der Waals surface area contributed by atoms with Crippen molar-refractivity contribution in [3.05, 3.63) is 29.3 Å². The molecule has 1 aromatic rings. The SMILES string of the molecule is CC(C)CN1C[C@H](C(=O)Nc2ccc3c(c2)CCC3)C[C@H](C(=O)N2CCCC2)C1. The van der Waals surface area contributed by atoms with Crippen LogP contribution in [0.25, 0.3) is 0 Å². The zero-order valence-corrected chi connectivity index (χ0v) is 18.0. The average Bonchev–Trinajstić information content (AvgIpc) is 3.38. The van der Waals surface area contributed by atoms with Gasteiger partial charge in [0.15, 0.2) is 0 Å². The van der Waals surface area contributed by atoms with E-state index in [1.807, 2.05) is 11.0 Å². The lowest BCUT2D eigenvalue weighted by molar-refractivity contribution is -0.138. The lowest BCUT2D eigenvalue weighted by Crippen LogP contribution is -2.50. The maximum Gasteiger partial charge on any atom is 0.228 e. The standard InChI is InChI=1S/C24H35N3O2/c1-17(2)14-26-15-20(12-21(16-26)24(29)27-10-3-4-11-27)23(28)25-22-9-8-18-6-5-7-19(18)13-22/h8-9,13,17,20-21H,3-7,10-12,14-16H2,1-2H3,(H,25,28)/t20-,21+/m1/s1. The molecule has 0 spiro atoms. The van der Waals surface area contributed by atoms with Crippen LogP contribution in [0.5, 0.6) is 0 Å². The second-order valence-electron chi connectivity index (χ2n) is 9.60. The maximum absolute atomic E-state index is 13.1. The number of carbonyl (C=O) groups excluding carboxylic acids is 2. The molecule has 0 bridgehead atoms. The van der Waals surface area contributed by atoms with Crippen molar-refractivity contribution in [1.82, 2.24) is 9.80 Å². The molecule has 158 valence electrons. The summed E-state index contributed by atoms with van der Waals surface area (Å²) in [6, 6.07) is 6.33. The molecular formula is C24H35N3O2. The predicted molar refractivity (Wildman–Crippen MR) is 116 cm³/mol. The van der Waals surface area contributed by atoms with Crippen LogP contribution in [0.2, 0.25) is 0 Å². The Morgan fingerprint density at radius 3 is 2.52 bits per heavy atom. The number of anilines is 1. The van der Waals surface area contributed by atoms with Crippen molar-refractivity contribution in [3.8, 4) is 0 Å². The number of hydrogen-bond acceptors (Lipinski definition) is 3. The minimum Gasteiger partial charge on any atom is -0.342 e. The molecule has 29 heavy (non-hydrogen) atoms. The van der Waals surface area contributed by atoms with Crippen LogP contribution in [0.4, 0.5) is 5.69 Å². The Kier molecular flexibility index (Phi) is 6.23. The maximum atomic E-state index is 13.1. The highest BCUT2D eigenvalue weighted by molar-refractivity contribution is 5.93. The van der Waals surface area contributed by atoms with Gasteiger partial charge in [0.1, 0.15) is 0 Å². The number of rotatable bonds is 5. The summed E-state index contributed by atoms with van der Waals surface area (Å²) in [6.45, 7) is 8.63. The average molecular weight is 398 g/mol. The van der Waals surface area contributed by atoms with E-state index in [4.69, 9.17) is 0 Å². The van der Waals surface area contributed by atoms with E-state index >= 15 is 0 Å². The van der Waals surface area contributed by atoms with E-state index in [1.165, 1.54) is 17.5 Å². The van der Waals surface area contributed by atoms with Gasteiger partial charge in [0.25, 0.3) is 0 Å². The number of aryl methyl sites for hydroxylation is 2. The van der Waals surface area contributed by atoms with Gasteiger partial charge >= 0.3 is 0 Å². The molecule has 0 radical (unpaired) electrons. The Bertz CT molecular complexity index is 754. The molecule has 2 heterocycles. The predicted octanol–water partition coefficient (Wildman–Crippen LogP) is 3.33. The van der Waals surface area contributed by atoms with Crippen LogP contribution in [0.1, 0.15) is 50.7 Å². The van der Waals surface area contributed by atoms with Gasteiger partial charge in [-0.05, 0) is 67.7 Å². The van der Waals surface area contributed by atoms with Crippen LogP contribution in [0.15, 0.2) is 18.2 Å². The molecular weight excluding hydrogens is 362 g/mol. The molecule has 2 saturated heterocycles. The first-order chi connectivity index (χ1) is 14.0. The molecule has 2 fully saturated rings. The third-order valence-electron chi connectivity index (χ3n) is 6.65. The fourth-order valence-corrected chi connectivity index (χ4v) is 5.31. The Morgan fingerprint density at radius 2 is 1.76 bits per heavy atom. The minimum atomic E-state index is -0.132. The van der Waals surface area contributed by atoms with Crippen LogP contribution in [-0.4, -0.2) is 54.3 Å². The number of hydrogen-bond donors (Lipinski definition) is 1. The van der Waals surface area contributed by atoms with E-state index in [9.17, 15) is 9.59 Å². The Hall–Kier alpha value is -1.88. The summed E-state index contributed by atoms with van der Waals surface area (Å²) in [7, 11) is 0. The van der Waals surface area contributed by atoms with E-state index < -0.39 is 0 Å². The molecule has 0 aromatic heterocycles. The van der Waals surface area contributed by atoms with Crippen LogP contribution in [0.3, 0.4) is 0 Å². The Balaban J connectivity index is 1.45. The molecule has 5 nitrogen and oxygen atoms in total. The van der Waals surface area contributed by atoms with E-state index in [1.54, 1.807) is 0 Å². The summed E-state index contributed by atoms with van der Waals surface area (Å²) in [6.07, 6.45) is 6.35. The van der Waals surface area contributed by atoms with E-state index in [2.05, 4.69) is 36.2 Å². The number of likely N-dealkylation sites (tertiary alicyclic amines) is 2. The van der Waals surface area contributed by atoms with Gasteiger partial charge in [-0.15, -0.1) is 0 Å². The van der Waals surface area contributed by atoms with Crippen LogP contribution < -0.4 is 5.32 Å². The van der Waals surface area contributed by atoms with E-state index in [-0.39, 0.29) is 23.7 Å². The zero-order chi connectivity index (χ0) is 20.4. The summed E-state index contributed by atoms with van der Waals surface area (Å²) in [5.41, 5.74) is 3.69. The molecule has 1 aromatic carbocycles. The molecule has 1 N–H and O–H groups in total. The van der Waals surface area contributed by atoms with Crippen molar-refractivity contribution in [2.75, 3.05) is 38.0 Å². The van der Waals surface area contributed by atoms with Gasteiger partial charge in [0, 0.05) is 38.4 Å². The van der Waals surface area contributed by atoms with Gasteiger partial charge in [0.05, 0.1) is 11.8 Å². The van der Waals surface area contributed by atoms with Crippen LogP contribution in [0, 0.1) is 17.8 Å². The van der Waals surface area contributed by atoms with Gasteiger partial charge in [-0.3, -0.25) is 9.59 Å². The van der Waals surface area contributed by atoms with Gasteiger partial charge in [-0.25, -0.2) is 0 Å². The number of carbonyl (C=O) groups is 2. The zero-order valence-electron chi connectivity index (χ0n) is 18.0. The number of nitrogens with zero attached hydrogens (tertiary/aromatic N) is 2. The molecule has 0 saturated carbocycles. The fourth-order valence-electron chi connectivity index (χ4n) is 5.31. The van der Waals surface area contributed by atoms with Gasteiger partial charge in [0.2, 0.25) is 11.8 Å². The highest BCUT2D eigenvalue weighted by Crippen LogP contribution is 2.28. The lowest BCUT2D eigenvalue weighted by Gasteiger charge is -2.38. The third-order valence-corrected chi connectivity index (χ3v) is 6.65. The topological polar surface area (TPSA) is 52.7 Å². The first-order valence-corrected chi connectivity index (χ1v) is 11.4. The van der Waals surface area contributed by atoms with E-state index in [0.29, 0.717) is 12.3 Å². The highest BCUT2D eigenvalue weighted by atomic mass is 16.2. The number of benzene rings is 1. The number of amides is 2. The summed E-state index contributed by atoms with van der Waals surface area (Å²) in [5.74, 6) is 0.654. The second-order valence-corrected chi connectivity index (χ2v) is 9.60. The fraction of sp³-hybridized carbons (Fsp3) is 0.667. The van der Waals surface area contributed by atoms with Crippen molar-refractivity contribution in [2.45, 2.75) is 52.4 Å². The quantitative estimate of drug-likeness (QED) is 0.829. The summed E-state index contributed by atoms with van der Waals surface area (Å²) in [4.78, 5) is 30.5. The van der Waals surface area contributed by atoms with Gasteiger partial charge in [-0.1, -0.05) is 19.9 Å². The van der Waals surface area contributed by atoms with Crippen molar-refractivity contribution in [3.63, 3.8) is 0 Å². The first-order valence-electron chi connectivity index (χ1n) is 11.4. The molecule has 4 rings (SSSR count). The highest BCUT2D eigenvalue weighted by Gasteiger charge is 2.37.